The van der Waals surface area contributed by atoms with E-state index in [1.807, 2.05) is 48.5 Å². The van der Waals surface area contributed by atoms with Crippen molar-refractivity contribution < 1.29 is 9.59 Å². The van der Waals surface area contributed by atoms with Gasteiger partial charge in [-0.05, 0) is 61.3 Å². The molecule has 2 saturated carbocycles. The topological polar surface area (TPSA) is 72.2 Å². The largest absolute Gasteiger partial charge is 0.398 e. The lowest BCUT2D eigenvalue weighted by Gasteiger charge is -2.28. The van der Waals surface area contributed by atoms with Crippen LogP contribution in [-0.2, 0) is 17.6 Å². The molecule has 0 radical (unpaired) electrons. The van der Waals surface area contributed by atoms with Gasteiger partial charge in [0, 0.05) is 48.0 Å². The molecule has 3 aromatic rings. The first-order valence-corrected chi connectivity index (χ1v) is 13.4. The molecule has 4 nitrogen and oxygen atoms in total. The molecule has 2 fully saturated rings. The van der Waals surface area contributed by atoms with E-state index in [1.165, 1.54) is 12.0 Å². The number of carbonyl (C=O) groups excluding carboxylic acids is 2. The minimum Gasteiger partial charge on any atom is -0.398 e. The van der Waals surface area contributed by atoms with Crippen LogP contribution in [0, 0.1) is 5.92 Å². The second-order valence-corrected chi connectivity index (χ2v) is 10.5. The summed E-state index contributed by atoms with van der Waals surface area (Å²) in [6.07, 6.45) is 7.02. The lowest BCUT2D eigenvalue weighted by Crippen LogP contribution is -2.36. The number of anilines is 1. The van der Waals surface area contributed by atoms with E-state index in [9.17, 15) is 9.59 Å². The number of Topliss-reactive ketones (excluding diaryl/α,β-unsaturated/α-hetero) is 2. The molecule has 0 heterocycles. The minimum atomic E-state index is 0.0576. The van der Waals surface area contributed by atoms with E-state index in [2.05, 4.69) is 35.6 Å². The average molecular weight is 481 g/mol. The monoisotopic (exact) mass is 480 g/mol. The Morgan fingerprint density at radius 2 is 1.53 bits per heavy atom. The van der Waals surface area contributed by atoms with E-state index >= 15 is 0 Å². The van der Waals surface area contributed by atoms with Gasteiger partial charge >= 0.3 is 0 Å². The normalized spacial score (nSPS) is 23.2. The first-order valence-electron chi connectivity index (χ1n) is 13.4. The van der Waals surface area contributed by atoms with Gasteiger partial charge in [-0.2, -0.15) is 0 Å². The van der Waals surface area contributed by atoms with Crippen molar-refractivity contribution in [2.24, 2.45) is 5.92 Å². The number of nitrogens with one attached hydrogen (secondary N) is 1. The summed E-state index contributed by atoms with van der Waals surface area (Å²) in [5.74, 6) is 1.30. The van der Waals surface area contributed by atoms with E-state index < -0.39 is 0 Å². The maximum atomic E-state index is 12.9. The number of para-hydroxylation sites is 1. The Kier molecular flexibility index (Phi) is 7.62. The highest BCUT2D eigenvalue weighted by Gasteiger charge is 2.40. The molecule has 0 aliphatic heterocycles. The molecule has 0 amide bonds. The van der Waals surface area contributed by atoms with Crippen molar-refractivity contribution in [1.82, 2.24) is 5.32 Å². The average Bonchev–Trinajstić information content (AvgIpc) is 3.69. The van der Waals surface area contributed by atoms with Crippen molar-refractivity contribution in [3.63, 3.8) is 0 Å². The Morgan fingerprint density at radius 3 is 2.25 bits per heavy atom. The van der Waals surface area contributed by atoms with Crippen LogP contribution in [0.3, 0.4) is 0 Å². The third-order valence-electron chi connectivity index (χ3n) is 7.99. The summed E-state index contributed by atoms with van der Waals surface area (Å²) < 4.78 is 0. The summed E-state index contributed by atoms with van der Waals surface area (Å²) in [7, 11) is 0. The van der Waals surface area contributed by atoms with Gasteiger partial charge in [-0.25, -0.2) is 0 Å². The van der Waals surface area contributed by atoms with E-state index in [1.54, 1.807) is 0 Å². The fraction of sp³-hybridized carbons (Fsp3) is 0.375. The molecule has 2 aliphatic carbocycles. The smallest absolute Gasteiger partial charge is 0.167 e. The molecule has 3 N–H and O–H groups in total. The quantitative estimate of drug-likeness (QED) is 0.280. The van der Waals surface area contributed by atoms with Gasteiger partial charge in [0.1, 0.15) is 5.78 Å². The minimum absolute atomic E-state index is 0.0576. The molecule has 2 aliphatic rings. The van der Waals surface area contributed by atoms with Gasteiger partial charge in [0.05, 0.1) is 0 Å². The van der Waals surface area contributed by atoms with E-state index in [-0.39, 0.29) is 11.7 Å². The maximum absolute atomic E-state index is 12.9. The van der Waals surface area contributed by atoms with Crippen molar-refractivity contribution in [2.45, 2.75) is 69.4 Å². The van der Waals surface area contributed by atoms with Gasteiger partial charge in [0.25, 0.3) is 0 Å². The van der Waals surface area contributed by atoms with Crippen LogP contribution in [0.2, 0.25) is 0 Å². The standard InChI is InChI=1S/C32H36N2O2/c33-29-9-5-4-8-26(29)20-32(36)25-13-10-22(11-14-25)12-19-31(35)24-15-17-27(18-16-24)34-30-21-28(30)23-6-2-1-3-7-23/h1-11,13-14,24,27-28,30,34H,12,15-21,33H2. The zero-order valence-electron chi connectivity index (χ0n) is 20.9. The van der Waals surface area contributed by atoms with Crippen LogP contribution in [0.5, 0.6) is 0 Å². The Morgan fingerprint density at radius 1 is 0.833 bits per heavy atom. The van der Waals surface area contributed by atoms with Crippen LogP contribution in [0.25, 0.3) is 0 Å². The number of ketones is 2. The predicted molar refractivity (Wildman–Crippen MR) is 145 cm³/mol. The van der Waals surface area contributed by atoms with Crippen LogP contribution in [0.4, 0.5) is 5.69 Å². The van der Waals surface area contributed by atoms with Crippen molar-refractivity contribution in [3.8, 4) is 0 Å². The number of nitrogens with two attached hydrogens (primary N) is 1. The summed E-state index contributed by atoms with van der Waals surface area (Å²) in [5, 5.41) is 3.85. The molecule has 0 bridgehead atoms. The number of carbonyl (C=O) groups is 2. The zero-order valence-corrected chi connectivity index (χ0v) is 20.9. The van der Waals surface area contributed by atoms with Crippen LogP contribution >= 0.6 is 0 Å². The predicted octanol–water partition coefficient (Wildman–Crippen LogP) is 5.90. The molecule has 4 heteroatoms. The number of nitrogen functional groups attached to an aromatic ring is 1. The molecule has 186 valence electrons. The van der Waals surface area contributed by atoms with Gasteiger partial charge in [0.15, 0.2) is 5.78 Å². The Labute approximate surface area is 214 Å². The second kappa shape index (κ2) is 11.2. The van der Waals surface area contributed by atoms with Crippen molar-refractivity contribution in [1.29, 1.82) is 0 Å². The van der Waals surface area contributed by atoms with Gasteiger partial charge in [-0.1, -0.05) is 72.8 Å². The van der Waals surface area contributed by atoms with Crippen molar-refractivity contribution >= 4 is 17.3 Å². The Balaban J connectivity index is 1.03. The molecule has 36 heavy (non-hydrogen) atoms. The molecular formula is C32H36N2O2. The van der Waals surface area contributed by atoms with E-state index in [4.69, 9.17) is 5.73 Å². The van der Waals surface area contributed by atoms with Gasteiger partial charge in [-0.3, -0.25) is 9.59 Å². The lowest BCUT2D eigenvalue weighted by atomic mass is 9.82. The first kappa shape index (κ1) is 24.5. The number of hydrogen-bond acceptors (Lipinski definition) is 4. The van der Waals surface area contributed by atoms with E-state index in [0.29, 0.717) is 47.9 Å². The molecule has 5 rings (SSSR count). The van der Waals surface area contributed by atoms with Crippen LogP contribution in [0.1, 0.15) is 71.5 Å². The summed E-state index contributed by atoms with van der Waals surface area (Å²) in [6.45, 7) is 0. The van der Waals surface area contributed by atoms with Crippen molar-refractivity contribution in [2.75, 3.05) is 5.73 Å². The molecule has 0 spiro atoms. The summed E-state index contributed by atoms with van der Waals surface area (Å²) in [6, 6.07) is 27.1. The Bertz CT molecular complexity index is 1180. The molecule has 3 aromatic carbocycles. The van der Waals surface area contributed by atoms with Gasteiger partial charge in [0.2, 0.25) is 0 Å². The highest BCUT2D eigenvalue weighted by atomic mass is 16.1. The second-order valence-electron chi connectivity index (χ2n) is 10.5. The van der Waals surface area contributed by atoms with Gasteiger partial charge < -0.3 is 11.1 Å². The number of hydrogen-bond donors (Lipinski definition) is 2. The molecule has 2 atom stereocenters. The van der Waals surface area contributed by atoms with Crippen LogP contribution < -0.4 is 11.1 Å². The molecule has 2 unspecified atom stereocenters. The van der Waals surface area contributed by atoms with Crippen LogP contribution in [-0.4, -0.2) is 23.7 Å². The highest BCUT2D eigenvalue weighted by molar-refractivity contribution is 5.98. The fourth-order valence-electron chi connectivity index (χ4n) is 5.63. The Hall–Kier alpha value is -3.24. The number of rotatable bonds is 10. The molecule has 0 aromatic heterocycles. The fourth-order valence-corrected chi connectivity index (χ4v) is 5.63. The van der Waals surface area contributed by atoms with Gasteiger partial charge in [-0.15, -0.1) is 0 Å². The summed E-state index contributed by atoms with van der Waals surface area (Å²) >= 11 is 0. The number of aryl methyl sites for hydroxylation is 1. The van der Waals surface area contributed by atoms with Crippen LogP contribution in [0.15, 0.2) is 78.9 Å². The lowest BCUT2D eigenvalue weighted by molar-refractivity contribution is -0.123. The van der Waals surface area contributed by atoms with E-state index in [0.717, 1.165) is 43.2 Å². The zero-order chi connectivity index (χ0) is 24.9. The number of benzene rings is 3. The summed E-state index contributed by atoms with van der Waals surface area (Å²) in [5.41, 5.74) is 10.7. The SMILES string of the molecule is Nc1ccccc1CC(=O)c1ccc(CCC(=O)C2CCC(NC3CC3c3ccccc3)CC2)cc1. The maximum Gasteiger partial charge on any atom is 0.167 e. The van der Waals surface area contributed by atoms with Crippen molar-refractivity contribution in [3.05, 3.63) is 101 Å². The summed E-state index contributed by atoms with van der Waals surface area (Å²) in [4.78, 5) is 25.5. The highest BCUT2D eigenvalue weighted by Crippen LogP contribution is 2.42. The third-order valence-corrected chi connectivity index (χ3v) is 7.99. The third kappa shape index (κ3) is 6.11. The molecule has 0 saturated heterocycles. The molecular weight excluding hydrogens is 444 g/mol. The first-order chi connectivity index (χ1) is 17.6.